The third kappa shape index (κ3) is 4.83. The molecule has 0 aliphatic carbocycles. The monoisotopic (exact) mass is 290 g/mol. The minimum Gasteiger partial charge on any atom is -0.390 e. The zero-order valence-corrected chi connectivity index (χ0v) is 12.8. The van der Waals surface area contributed by atoms with Crippen LogP contribution in [-0.2, 0) is 4.79 Å². The highest BCUT2D eigenvalue weighted by atomic mass is 16.3. The second-order valence-electron chi connectivity index (χ2n) is 6.29. The van der Waals surface area contributed by atoms with Crippen molar-refractivity contribution in [3.8, 4) is 0 Å². The average Bonchev–Trinajstić information content (AvgIpc) is 2.66. The Morgan fingerprint density at radius 2 is 2.05 bits per heavy atom. The maximum absolute atomic E-state index is 12.3. The maximum atomic E-state index is 12.3. The summed E-state index contributed by atoms with van der Waals surface area (Å²) < 4.78 is 0. The molecule has 1 amide bonds. The third-order valence-corrected chi connectivity index (χ3v) is 4.31. The average molecular weight is 290 g/mol. The molecule has 1 aliphatic rings. The molecule has 116 valence electrons. The van der Waals surface area contributed by atoms with Gasteiger partial charge in [-0.15, -0.1) is 0 Å². The standard InChI is InChI=1S/C17H26N2O2/c1-17(21)10-5-12-19(13-11-17)16(20)9-8-15(18)14-6-3-2-4-7-14/h2-4,6-7,15,21H,5,8-13,18H2,1H3. The minimum atomic E-state index is -0.629. The van der Waals surface area contributed by atoms with Gasteiger partial charge in [0.25, 0.3) is 0 Å². The summed E-state index contributed by atoms with van der Waals surface area (Å²) in [5, 5.41) is 10.1. The number of aliphatic hydroxyl groups is 1. The molecule has 0 spiro atoms. The Morgan fingerprint density at radius 3 is 2.76 bits per heavy atom. The van der Waals surface area contributed by atoms with Crippen LogP contribution in [0.25, 0.3) is 0 Å². The summed E-state index contributed by atoms with van der Waals surface area (Å²) in [5.74, 6) is 0.152. The first-order chi connectivity index (χ1) is 9.98. The van der Waals surface area contributed by atoms with Crippen molar-refractivity contribution in [2.45, 2.75) is 50.7 Å². The SMILES string of the molecule is CC1(O)CCCN(C(=O)CCC(N)c2ccccc2)CC1. The summed E-state index contributed by atoms with van der Waals surface area (Å²) in [6.07, 6.45) is 3.42. The fourth-order valence-electron chi connectivity index (χ4n) is 2.82. The molecule has 4 nitrogen and oxygen atoms in total. The molecule has 1 saturated heterocycles. The molecule has 1 aromatic carbocycles. The van der Waals surface area contributed by atoms with Crippen molar-refractivity contribution in [3.63, 3.8) is 0 Å². The zero-order valence-electron chi connectivity index (χ0n) is 12.8. The number of rotatable bonds is 4. The van der Waals surface area contributed by atoms with Crippen molar-refractivity contribution < 1.29 is 9.90 Å². The quantitative estimate of drug-likeness (QED) is 0.893. The predicted octanol–water partition coefficient (Wildman–Crippen LogP) is 2.23. The highest BCUT2D eigenvalue weighted by molar-refractivity contribution is 5.76. The topological polar surface area (TPSA) is 66.6 Å². The molecule has 0 bridgehead atoms. The van der Waals surface area contributed by atoms with E-state index < -0.39 is 5.60 Å². The van der Waals surface area contributed by atoms with Crippen molar-refractivity contribution in [3.05, 3.63) is 35.9 Å². The van der Waals surface area contributed by atoms with Crippen molar-refractivity contribution in [1.29, 1.82) is 0 Å². The number of nitrogens with two attached hydrogens (primary N) is 1. The van der Waals surface area contributed by atoms with Gasteiger partial charge in [0.1, 0.15) is 0 Å². The van der Waals surface area contributed by atoms with Gasteiger partial charge in [0.2, 0.25) is 5.91 Å². The Morgan fingerprint density at radius 1 is 1.33 bits per heavy atom. The van der Waals surface area contributed by atoms with Gasteiger partial charge in [0.05, 0.1) is 5.60 Å². The normalized spacial score (nSPS) is 24.4. The van der Waals surface area contributed by atoms with E-state index in [1.54, 1.807) is 0 Å². The van der Waals surface area contributed by atoms with Gasteiger partial charge in [-0.3, -0.25) is 4.79 Å². The smallest absolute Gasteiger partial charge is 0.222 e. The second kappa shape index (κ2) is 7.05. The van der Waals surface area contributed by atoms with E-state index in [-0.39, 0.29) is 11.9 Å². The van der Waals surface area contributed by atoms with Crippen LogP contribution in [0.3, 0.4) is 0 Å². The van der Waals surface area contributed by atoms with Gasteiger partial charge < -0.3 is 15.7 Å². The number of amides is 1. The van der Waals surface area contributed by atoms with Gasteiger partial charge in [-0.25, -0.2) is 0 Å². The van der Waals surface area contributed by atoms with Crippen molar-refractivity contribution in [2.75, 3.05) is 13.1 Å². The summed E-state index contributed by atoms with van der Waals surface area (Å²) in [6.45, 7) is 3.24. The highest BCUT2D eigenvalue weighted by Gasteiger charge is 2.26. The third-order valence-electron chi connectivity index (χ3n) is 4.31. The van der Waals surface area contributed by atoms with Crippen LogP contribution in [0.1, 0.15) is 50.6 Å². The van der Waals surface area contributed by atoms with Crippen LogP contribution in [-0.4, -0.2) is 34.6 Å². The first-order valence-electron chi connectivity index (χ1n) is 7.79. The molecular weight excluding hydrogens is 264 g/mol. The molecule has 2 unspecified atom stereocenters. The second-order valence-corrected chi connectivity index (χ2v) is 6.29. The Bertz CT molecular complexity index is 459. The van der Waals surface area contributed by atoms with Crippen LogP contribution >= 0.6 is 0 Å². The van der Waals surface area contributed by atoms with Crippen LogP contribution in [0.5, 0.6) is 0 Å². The number of hydrogen-bond acceptors (Lipinski definition) is 3. The Labute approximate surface area is 126 Å². The van der Waals surface area contributed by atoms with Gasteiger partial charge in [0.15, 0.2) is 0 Å². The molecule has 3 N–H and O–H groups in total. The lowest BCUT2D eigenvalue weighted by Gasteiger charge is -2.23. The lowest BCUT2D eigenvalue weighted by molar-refractivity contribution is -0.131. The predicted molar refractivity (Wildman–Crippen MR) is 83.7 cm³/mol. The van der Waals surface area contributed by atoms with E-state index in [9.17, 15) is 9.90 Å². The van der Waals surface area contributed by atoms with Gasteiger partial charge in [-0.2, -0.15) is 0 Å². The number of carbonyl (C=O) groups excluding carboxylic acids is 1. The van der Waals surface area contributed by atoms with Crippen molar-refractivity contribution >= 4 is 5.91 Å². The van der Waals surface area contributed by atoms with Crippen LogP contribution < -0.4 is 5.73 Å². The highest BCUT2D eigenvalue weighted by Crippen LogP contribution is 2.22. The lowest BCUT2D eigenvalue weighted by atomic mass is 9.98. The fraction of sp³-hybridized carbons (Fsp3) is 0.588. The molecule has 1 aromatic rings. The van der Waals surface area contributed by atoms with Gasteiger partial charge in [0, 0.05) is 25.6 Å². The number of carbonyl (C=O) groups is 1. The van der Waals surface area contributed by atoms with E-state index in [0.717, 1.165) is 24.9 Å². The van der Waals surface area contributed by atoms with E-state index in [2.05, 4.69) is 0 Å². The Balaban J connectivity index is 1.82. The van der Waals surface area contributed by atoms with Crippen molar-refractivity contribution in [2.24, 2.45) is 5.73 Å². The van der Waals surface area contributed by atoms with E-state index in [1.165, 1.54) is 0 Å². The van der Waals surface area contributed by atoms with Gasteiger partial charge >= 0.3 is 0 Å². The van der Waals surface area contributed by atoms with E-state index in [0.29, 0.717) is 25.8 Å². The van der Waals surface area contributed by atoms with E-state index >= 15 is 0 Å². The number of nitrogens with zero attached hydrogens (tertiary/aromatic N) is 1. The molecule has 2 rings (SSSR count). The van der Waals surface area contributed by atoms with Crippen molar-refractivity contribution in [1.82, 2.24) is 4.90 Å². The van der Waals surface area contributed by atoms with Crippen LogP contribution in [0.4, 0.5) is 0 Å². The first kappa shape index (κ1) is 16.0. The zero-order chi connectivity index (χ0) is 15.3. The maximum Gasteiger partial charge on any atom is 0.222 e. The van der Waals surface area contributed by atoms with Crippen LogP contribution in [0.2, 0.25) is 0 Å². The Hall–Kier alpha value is -1.39. The Kier molecular flexibility index (Phi) is 5.37. The molecular formula is C17H26N2O2. The van der Waals surface area contributed by atoms with Gasteiger partial charge in [-0.1, -0.05) is 30.3 Å². The largest absolute Gasteiger partial charge is 0.390 e. The molecule has 2 atom stereocenters. The number of hydrogen-bond donors (Lipinski definition) is 2. The minimum absolute atomic E-state index is 0.0924. The molecule has 0 aromatic heterocycles. The summed E-state index contributed by atoms with van der Waals surface area (Å²) in [6, 6.07) is 9.80. The molecule has 1 aliphatic heterocycles. The molecule has 4 heteroatoms. The van der Waals surface area contributed by atoms with Crippen LogP contribution in [0.15, 0.2) is 30.3 Å². The molecule has 21 heavy (non-hydrogen) atoms. The van der Waals surface area contributed by atoms with Gasteiger partial charge in [-0.05, 0) is 38.2 Å². The lowest BCUT2D eigenvalue weighted by Crippen LogP contribution is -2.33. The number of benzene rings is 1. The molecule has 0 saturated carbocycles. The molecule has 1 heterocycles. The van der Waals surface area contributed by atoms with E-state index in [1.807, 2.05) is 42.2 Å². The first-order valence-corrected chi connectivity index (χ1v) is 7.79. The van der Waals surface area contributed by atoms with Crippen LogP contribution in [0, 0.1) is 0 Å². The molecule has 0 radical (unpaired) electrons. The number of likely N-dealkylation sites (tertiary alicyclic amines) is 1. The van der Waals surface area contributed by atoms with E-state index in [4.69, 9.17) is 5.73 Å². The summed E-state index contributed by atoms with van der Waals surface area (Å²) in [5.41, 5.74) is 6.58. The summed E-state index contributed by atoms with van der Waals surface area (Å²) in [4.78, 5) is 14.2. The summed E-state index contributed by atoms with van der Waals surface area (Å²) >= 11 is 0. The fourth-order valence-corrected chi connectivity index (χ4v) is 2.82. The summed E-state index contributed by atoms with van der Waals surface area (Å²) in [7, 11) is 0. The molecule has 1 fully saturated rings.